The highest BCUT2D eigenvalue weighted by Gasteiger charge is 2.14. The lowest BCUT2D eigenvalue weighted by atomic mass is 10.0. The highest BCUT2D eigenvalue weighted by molar-refractivity contribution is 9.10. The van der Waals surface area contributed by atoms with Crippen molar-refractivity contribution in [3.8, 4) is 5.75 Å². The van der Waals surface area contributed by atoms with Crippen LogP contribution in [0.4, 0.5) is 0 Å². The van der Waals surface area contributed by atoms with Crippen LogP contribution in [-0.2, 0) is 6.42 Å². The van der Waals surface area contributed by atoms with Crippen LogP contribution in [0.3, 0.4) is 0 Å². The first kappa shape index (κ1) is 12.9. The van der Waals surface area contributed by atoms with Crippen molar-refractivity contribution in [1.29, 1.82) is 0 Å². The number of aryl methyl sites for hydroxylation is 1. The molecule has 1 saturated heterocycles. The Hall–Kier alpha value is -0.540. The molecule has 3 heteroatoms. The molecule has 1 aromatic rings. The van der Waals surface area contributed by atoms with Crippen molar-refractivity contribution < 1.29 is 4.74 Å². The van der Waals surface area contributed by atoms with Gasteiger partial charge in [0.2, 0.25) is 0 Å². The predicted octanol–water partition coefficient (Wildman–Crippen LogP) is 3.39. The SMILES string of the molecule is CCc1cc(Br)ccc1OCC1CCCNC1. The van der Waals surface area contributed by atoms with Gasteiger partial charge in [0.15, 0.2) is 0 Å². The lowest BCUT2D eigenvalue weighted by Crippen LogP contribution is -2.33. The number of rotatable bonds is 4. The van der Waals surface area contributed by atoms with E-state index in [9.17, 15) is 0 Å². The van der Waals surface area contributed by atoms with Gasteiger partial charge in [0.05, 0.1) is 6.61 Å². The standard InChI is InChI=1S/C14H20BrNO/c1-2-12-8-13(15)5-6-14(12)17-10-11-4-3-7-16-9-11/h5-6,8,11,16H,2-4,7,9-10H2,1H3. The second-order valence-corrected chi connectivity index (χ2v) is 5.54. The molecule has 1 fully saturated rings. The molecule has 2 rings (SSSR count). The molecule has 17 heavy (non-hydrogen) atoms. The summed E-state index contributed by atoms with van der Waals surface area (Å²) in [6.07, 6.45) is 3.57. The first-order valence-electron chi connectivity index (χ1n) is 6.41. The molecule has 1 aliphatic rings. The Morgan fingerprint density at radius 1 is 1.47 bits per heavy atom. The summed E-state index contributed by atoms with van der Waals surface area (Å²) in [5, 5.41) is 3.42. The smallest absolute Gasteiger partial charge is 0.122 e. The van der Waals surface area contributed by atoms with Crippen molar-refractivity contribution in [1.82, 2.24) is 5.32 Å². The summed E-state index contributed by atoms with van der Waals surface area (Å²) < 4.78 is 7.09. The van der Waals surface area contributed by atoms with Gasteiger partial charge in [0.25, 0.3) is 0 Å². The minimum absolute atomic E-state index is 0.664. The Balaban J connectivity index is 1.93. The fourth-order valence-electron chi connectivity index (χ4n) is 2.24. The van der Waals surface area contributed by atoms with Gasteiger partial charge >= 0.3 is 0 Å². The molecule has 0 spiro atoms. The lowest BCUT2D eigenvalue weighted by Gasteiger charge is -2.23. The molecule has 1 N–H and O–H groups in total. The average molecular weight is 298 g/mol. The zero-order chi connectivity index (χ0) is 12.1. The van der Waals surface area contributed by atoms with Gasteiger partial charge in [-0.3, -0.25) is 0 Å². The van der Waals surface area contributed by atoms with Crippen molar-refractivity contribution in [3.63, 3.8) is 0 Å². The van der Waals surface area contributed by atoms with E-state index in [1.165, 1.54) is 18.4 Å². The van der Waals surface area contributed by atoms with Gasteiger partial charge in [0, 0.05) is 16.9 Å². The number of piperidine rings is 1. The van der Waals surface area contributed by atoms with E-state index < -0.39 is 0 Å². The number of halogens is 1. The molecule has 0 aliphatic carbocycles. The third-order valence-electron chi connectivity index (χ3n) is 3.28. The topological polar surface area (TPSA) is 21.3 Å². The maximum Gasteiger partial charge on any atom is 0.122 e. The van der Waals surface area contributed by atoms with Crippen LogP contribution in [-0.4, -0.2) is 19.7 Å². The maximum atomic E-state index is 5.96. The Bertz CT molecular complexity index is 361. The van der Waals surface area contributed by atoms with E-state index in [1.54, 1.807) is 0 Å². The van der Waals surface area contributed by atoms with Gasteiger partial charge in [-0.05, 0) is 49.6 Å². The van der Waals surface area contributed by atoms with E-state index in [2.05, 4.69) is 40.3 Å². The Labute approximate surface area is 112 Å². The molecular weight excluding hydrogens is 278 g/mol. The van der Waals surface area contributed by atoms with Gasteiger partial charge in [-0.15, -0.1) is 0 Å². The third-order valence-corrected chi connectivity index (χ3v) is 3.77. The average Bonchev–Trinajstić information content (AvgIpc) is 2.38. The van der Waals surface area contributed by atoms with Crippen LogP contribution in [0.1, 0.15) is 25.3 Å². The predicted molar refractivity (Wildman–Crippen MR) is 74.6 cm³/mol. The van der Waals surface area contributed by atoms with E-state index in [0.717, 1.165) is 36.3 Å². The van der Waals surface area contributed by atoms with E-state index in [4.69, 9.17) is 4.74 Å². The largest absolute Gasteiger partial charge is 0.493 e. The summed E-state index contributed by atoms with van der Waals surface area (Å²) >= 11 is 3.50. The van der Waals surface area contributed by atoms with Crippen LogP contribution in [0.2, 0.25) is 0 Å². The zero-order valence-electron chi connectivity index (χ0n) is 10.3. The van der Waals surface area contributed by atoms with Crippen LogP contribution >= 0.6 is 15.9 Å². The number of hydrogen-bond acceptors (Lipinski definition) is 2. The van der Waals surface area contributed by atoms with Crippen molar-refractivity contribution in [3.05, 3.63) is 28.2 Å². The maximum absolute atomic E-state index is 5.96. The zero-order valence-corrected chi connectivity index (χ0v) is 11.9. The monoisotopic (exact) mass is 297 g/mol. The number of nitrogens with one attached hydrogen (secondary N) is 1. The molecule has 0 amide bonds. The summed E-state index contributed by atoms with van der Waals surface area (Å²) in [7, 11) is 0. The minimum atomic E-state index is 0.664. The third kappa shape index (κ3) is 3.71. The number of hydrogen-bond donors (Lipinski definition) is 1. The summed E-state index contributed by atoms with van der Waals surface area (Å²) in [5.74, 6) is 1.71. The van der Waals surface area contributed by atoms with Crippen LogP contribution < -0.4 is 10.1 Å². The second kappa shape index (κ2) is 6.41. The van der Waals surface area contributed by atoms with E-state index in [0.29, 0.717) is 5.92 Å². The molecule has 1 atom stereocenters. The number of ether oxygens (including phenoxy) is 1. The molecule has 0 aromatic heterocycles. The van der Waals surface area contributed by atoms with Gasteiger partial charge in [-0.1, -0.05) is 22.9 Å². The van der Waals surface area contributed by atoms with Crippen LogP contribution in [0.15, 0.2) is 22.7 Å². The first-order valence-corrected chi connectivity index (χ1v) is 7.21. The van der Waals surface area contributed by atoms with Gasteiger partial charge in [-0.25, -0.2) is 0 Å². The molecule has 1 unspecified atom stereocenters. The molecule has 1 heterocycles. The highest BCUT2D eigenvalue weighted by atomic mass is 79.9. The van der Waals surface area contributed by atoms with Crippen molar-refractivity contribution >= 4 is 15.9 Å². The van der Waals surface area contributed by atoms with Crippen molar-refractivity contribution in [2.45, 2.75) is 26.2 Å². The Morgan fingerprint density at radius 3 is 3.06 bits per heavy atom. The second-order valence-electron chi connectivity index (χ2n) is 4.63. The minimum Gasteiger partial charge on any atom is -0.493 e. The van der Waals surface area contributed by atoms with Gasteiger partial charge in [0.1, 0.15) is 5.75 Å². The van der Waals surface area contributed by atoms with E-state index in [-0.39, 0.29) is 0 Å². The molecule has 0 bridgehead atoms. The Kier molecular flexibility index (Phi) is 4.86. The quantitative estimate of drug-likeness (QED) is 0.920. The highest BCUT2D eigenvalue weighted by Crippen LogP contribution is 2.24. The van der Waals surface area contributed by atoms with E-state index >= 15 is 0 Å². The van der Waals surface area contributed by atoms with Crippen LogP contribution in [0.25, 0.3) is 0 Å². The first-order chi connectivity index (χ1) is 8.29. The van der Waals surface area contributed by atoms with Gasteiger partial charge < -0.3 is 10.1 Å². The van der Waals surface area contributed by atoms with E-state index in [1.807, 2.05) is 6.07 Å². The summed E-state index contributed by atoms with van der Waals surface area (Å²) in [5.41, 5.74) is 1.28. The summed E-state index contributed by atoms with van der Waals surface area (Å²) in [4.78, 5) is 0. The molecule has 0 saturated carbocycles. The Morgan fingerprint density at radius 2 is 2.35 bits per heavy atom. The molecule has 2 nitrogen and oxygen atoms in total. The van der Waals surface area contributed by atoms with Crippen molar-refractivity contribution in [2.24, 2.45) is 5.92 Å². The molecular formula is C14H20BrNO. The fourth-order valence-corrected chi connectivity index (χ4v) is 2.65. The fraction of sp³-hybridized carbons (Fsp3) is 0.571. The molecule has 1 aromatic carbocycles. The lowest BCUT2D eigenvalue weighted by molar-refractivity contribution is 0.217. The molecule has 1 aliphatic heterocycles. The molecule has 94 valence electrons. The normalized spacial score (nSPS) is 20.2. The van der Waals surface area contributed by atoms with Crippen molar-refractivity contribution in [2.75, 3.05) is 19.7 Å². The van der Waals surface area contributed by atoms with Crippen LogP contribution in [0.5, 0.6) is 5.75 Å². The molecule has 0 radical (unpaired) electrons. The summed E-state index contributed by atoms with van der Waals surface area (Å²) in [6.45, 7) is 5.26. The number of benzene rings is 1. The van der Waals surface area contributed by atoms with Gasteiger partial charge in [-0.2, -0.15) is 0 Å². The van der Waals surface area contributed by atoms with Crippen LogP contribution in [0, 0.1) is 5.92 Å². The summed E-state index contributed by atoms with van der Waals surface area (Å²) in [6, 6.07) is 6.27.